The summed E-state index contributed by atoms with van der Waals surface area (Å²) in [5, 5.41) is 28.4. The number of hydrogen-bond donors (Lipinski definition) is 1. The molecule has 1 fully saturated rings. The smallest absolute Gasteiger partial charge is 0.413 e. The Hall–Kier alpha value is -2.84. The highest BCUT2D eigenvalue weighted by Gasteiger charge is 2.28. The third kappa shape index (κ3) is 4.87. The maximum absolute atomic E-state index is 11.6. The van der Waals surface area contributed by atoms with Gasteiger partial charge in [0.15, 0.2) is 10.7 Å². The van der Waals surface area contributed by atoms with Crippen molar-refractivity contribution in [2.24, 2.45) is 10.9 Å². The second-order valence-corrected chi connectivity index (χ2v) is 8.32. The van der Waals surface area contributed by atoms with Crippen molar-refractivity contribution in [3.05, 3.63) is 35.2 Å². The Morgan fingerprint density at radius 2 is 2.04 bits per heavy atom. The highest BCUT2D eigenvalue weighted by molar-refractivity contribution is 8.13. The average molecular weight is 383 g/mol. The molecule has 2 heterocycles. The van der Waals surface area contributed by atoms with Crippen molar-refractivity contribution in [1.29, 1.82) is 10.5 Å². The molecule has 7 nitrogen and oxygen atoms in total. The molecule has 1 atom stereocenters. The van der Waals surface area contributed by atoms with E-state index < -0.39 is 6.09 Å². The number of rotatable bonds is 2. The first-order chi connectivity index (χ1) is 12.7. The molecule has 0 saturated carbocycles. The van der Waals surface area contributed by atoms with Crippen LogP contribution in [0.3, 0.4) is 0 Å². The zero-order valence-corrected chi connectivity index (χ0v) is 16.5. The molecule has 0 spiro atoms. The van der Waals surface area contributed by atoms with Gasteiger partial charge in [0.1, 0.15) is 17.8 Å². The average Bonchev–Trinajstić information content (AvgIpc) is 2.62. The van der Waals surface area contributed by atoms with E-state index in [1.165, 1.54) is 11.8 Å². The number of amidine groups is 1. The predicted molar refractivity (Wildman–Crippen MR) is 105 cm³/mol. The molecule has 0 aliphatic carbocycles. The van der Waals surface area contributed by atoms with Gasteiger partial charge in [0.05, 0.1) is 0 Å². The summed E-state index contributed by atoms with van der Waals surface area (Å²) in [4.78, 5) is 21.5. The van der Waals surface area contributed by atoms with Gasteiger partial charge in [-0.15, -0.1) is 0 Å². The van der Waals surface area contributed by atoms with Crippen molar-refractivity contribution >= 4 is 28.7 Å². The first-order valence-corrected chi connectivity index (χ1v) is 9.39. The van der Waals surface area contributed by atoms with Crippen LogP contribution in [0.1, 0.15) is 39.0 Å². The van der Waals surface area contributed by atoms with E-state index >= 15 is 0 Å². The van der Waals surface area contributed by atoms with Crippen molar-refractivity contribution in [1.82, 2.24) is 9.88 Å². The van der Waals surface area contributed by atoms with Gasteiger partial charge in [0, 0.05) is 35.2 Å². The zero-order valence-electron chi connectivity index (χ0n) is 15.7. The van der Waals surface area contributed by atoms with E-state index in [-0.39, 0.29) is 27.8 Å². The first kappa shape index (κ1) is 20.5. The molecule has 0 radical (unpaired) electrons. The third-order valence-electron chi connectivity index (χ3n) is 3.93. The maximum atomic E-state index is 11.6. The molecule has 2 rings (SSSR count). The molecule has 8 heteroatoms. The van der Waals surface area contributed by atoms with Gasteiger partial charge in [0.25, 0.3) is 0 Å². The van der Waals surface area contributed by atoms with Gasteiger partial charge in [-0.2, -0.15) is 10.5 Å². The molecule has 1 unspecified atom stereocenters. The highest BCUT2D eigenvalue weighted by atomic mass is 32.2. The van der Waals surface area contributed by atoms with Crippen LogP contribution in [-0.2, 0) is 5.41 Å². The number of allylic oxidation sites excluding steroid dienone is 1. The number of pyridine rings is 1. The van der Waals surface area contributed by atoms with E-state index in [9.17, 15) is 20.4 Å². The Bertz CT molecular complexity index is 853. The fourth-order valence-corrected chi connectivity index (χ4v) is 3.46. The van der Waals surface area contributed by atoms with Crippen molar-refractivity contribution < 1.29 is 9.90 Å². The lowest BCUT2D eigenvalue weighted by atomic mass is 9.91. The maximum Gasteiger partial charge on any atom is 0.413 e. The minimum absolute atomic E-state index is 0.135. The van der Waals surface area contributed by atoms with Gasteiger partial charge >= 0.3 is 6.09 Å². The topological polar surface area (TPSA) is 113 Å². The number of thioether (sulfide) groups is 1. The van der Waals surface area contributed by atoms with Gasteiger partial charge in [-0.05, 0) is 18.1 Å². The van der Waals surface area contributed by atoms with Crippen LogP contribution < -0.4 is 0 Å². The lowest BCUT2D eigenvalue weighted by Gasteiger charge is -2.29. The molecule has 1 aromatic heterocycles. The molecule has 1 N–H and O–H groups in total. The largest absolute Gasteiger partial charge is 0.465 e. The number of carboxylic acid groups (broad SMARTS) is 1. The van der Waals surface area contributed by atoms with E-state index in [0.29, 0.717) is 17.9 Å². The Morgan fingerprint density at radius 3 is 2.52 bits per heavy atom. The van der Waals surface area contributed by atoms with Crippen LogP contribution in [0.2, 0.25) is 0 Å². The monoisotopic (exact) mass is 383 g/mol. The van der Waals surface area contributed by atoms with Crippen LogP contribution in [0, 0.1) is 28.6 Å². The molecule has 1 aliphatic rings. The SMILES string of the molecule is CC1CSC(=NC(=C(C#N)C#N)c2ccc(C(C)(C)C)nc2)N(C(=O)O)C1. The van der Waals surface area contributed by atoms with E-state index in [1.54, 1.807) is 12.3 Å². The molecule has 1 aromatic rings. The summed E-state index contributed by atoms with van der Waals surface area (Å²) in [6, 6.07) is 7.27. The molecule has 27 heavy (non-hydrogen) atoms. The van der Waals surface area contributed by atoms with Crippen molar-refractivity contribution in [2.45, 2.75) is 33.1 Å². The summed E-state index contributed by atoms with van der Waals surface area (Å²) in [6.07, 6.45) is 0.458. The number of nitrogens with zero attached hydrogens (tertiary/aromatic N) is 5. The number of aliphatic imine (C=N–C) groups is 1. The second-order valence-electron chi connectivity index (χ2n) is 7.33. The highest BCUT2D eigenvalue weighted by Crippen LogP contribution is 2.28. The second kappa shape index (κ2) is 8.24. The van der Waals surface area contributed by atoms with Crippen molar-refractivity contribution in [2.75, 3.05) is 12.3 Å². The van der Waals surface area contributed by atoms with Crippen LogP contribution in [-0.4, -0.2) is 38.5 Å². The van der Waals surface area contributed by atoms with E-state index in [4.69, 9.17) is 0 Å². The summed E-state index contributed by atoms with van der Waals surface area (Å²) in [5.41, 5.74) is 1.17. The molecule has 0 bridgehead atoms. The Morgan fingerprint density at radius 1 is 1.37 bits per heavy atom. The van der Waals surface area contributed by atoms with Crippen LogP contribution in [0.4, 0.5) is 4.79 Å². The molecule has 1 amide bonds. The van der Waals surface area contributed by atoms with E-state index in [1.807, 2.05) is 45.9 Å². The van der Waals surface area contributed by atoms with Gasteiger partial charge in [-0.25, -0.2) is 9.79 Å². The summed E-state index contributed by atoms with van der Waals surface area (Å²) >= 11 is 1.30. The standard InChI is InChI=1S/C19H21N5O2S/c1-12-10-24(18(25)26)17(27-11-12)23-16(14(7-20)8-21)13-5-6-15(22-9-13)19(2,3)4/h5-6,9,12H,10-11H2,1-4H3,(H,25,26). The minimum atomic E-state index is -1.11. The van der Waals surface area contributed by atoms with Crippen LogP contribution >= 0.6 is 11.8 Å². The normalized spacial score (nSPS) is 18.5. The van der Waals surface area contributed by atoms with Crippen LogP contribution in [0.5, 0.6) is 0 Å². The van der Waals surface area contributed by atoms with E-state index in [2.05, 4.69) is 9.98 Å². The molecular formula is C19H21N5O2S. The minimum Gasteiger partial charge on any atom is -0.465 e. The number of amides is 1. The van der Waals surface area contributed by atoms with Crippen LogP contribution in [0.25, 0.3) is 5.70 Å². The summed E-state index contributed by atoms with van der Waals surface area (Å²) in [7, 11) is 0. The van der Waals surface area contributed by atoms with Gasteiger partial charge in [-0.3, -0.25) is 9.88 Å². The van der Waals surface area contributed by atoms with E-state index in [0.717, 1.165) is 10.6 Å². The molecule has 1 aliphatic heterocycles. The first-order valence-electron chi connectivity index (χ1n) is 8.40. The molecular weight excluding hydrogens is 362 g/mol. The Labute approximate surface area is 163 Å². The quantitative estimate of drug-likeness (QED) is 0.776. The number of hydrogen-bond acceptors (Lipinski definition) is 6. The molecule has 140 valence electrons. The Kier molecular flexibility index (Phi) is 6.24. The van der Waals surface area contributed by atoms with Gasteiger partial charge in [0.2, 0.25) is 0 Å². The Balaban J connectivity index is 2.55. The van der Waals surface area contributed by atoms with Crippen molar-refractivity contribution in [3.63, 3.8) is 0 Å². The predicted octanol–water partition coefficient (Wildman–Crippen LogP) is 3.86. The molecule has 1 saturated heterocycles. The lowest BCUT2D eigenvalue weighted by Crippen LogP contribution is -2.41. The summed E-state index contributed by atoms with van der Waals surface area (Å²) in [5.74, 6) is 0.905. The fraction of sp³-hybridized carbons (Fsp3) is 0.421. The van der Waals surface area contributed by atoms with Gasteiger partial charge in [-0.1, -0.05) is 39.5 Å². The van der Waals surface area contributed by atoms with Crippen molar-refractivity contribution in [3.8, 4) is 12.1 Å². The fourth-order valence-electron chi connectivity index (χ4n) is 2.46. The number of nitriles is 2. The molecule has 0 aromatic carbocycles. The summed E-state index contributed by atoms with van der Waals surface area (Å²) < 4.78 is 0. The lowest BCUT2D eigenvalue weighted by molar-refractivity contribution is 0.166. The number of aromatic nitrogens is 1. The third-order valence-corrected chi connectivity index (χ3v) is 5.23. The zero-order chi connectivity index (χ0) is 20.2. The van der Waals surface area contributed by atoms with Crippen LogP contribution in [0.15, 0.2) is 28.9 Å². The summed E-state index contributed by atoms with van der Waals surface area (Å²) in [6.45, 7) is 8.39. The van der Waals surface area contributed by atoms with Gasteiger partial charge < -0.3 is 5.11 Å². The number of carbonyl (C=O) groups is 1.